The van der Waals surface area contributed by atoms with Crippen LogP contribution in [-0.2, 0) is 6.42 Å². The first-order valence-corrected chi connectivity index (χ1v) is 6.99. The molecule has 0 aliphatic heterocycles. The topological polar surface area (TPSA) is 84.1 Å². The number of aromatic nitrogens is 3. The van der Waals surface area contributed by atoms with Crippen LogP contribution in [0.2, 0.25) is 0 Å². The number of rotatable bonds is 5. The smallest absolute Gasteiger partial charge is 0.277 e. The summed E-state index contributed by atoms with van der Waals surface area (Å²) in [6.07, 6.45) is 7.10. The van der Waals surface area contributed by atoms with E-state index < -0.39 is 0 Å². The summed E-state index contributed by atoms with van der Waals surface area (Å²) in [5, 5.41) is 0. The van der Waals surface area contributed by atoms with Gasteiger partial charge in [0.15, 0.2) is 5.69 Å². The van der Waals surface area contributed by atoms with E-state index >= 15 is 0 Å². The SMILES string of the molecule is C=Nc1c(/C=C\Cc2cnc(-c3ccccc3)o2)nc[nH]c1=O. The molecule has 0 bridgehead atoms. The van der Waals surface area contributed by atoms with Gasteiger partial charge in [0.2, 0.25) is 5.89 Å². The molecule has 6 heteroatoms. The van der Waals surface area contributed by atoms with Crippen LogP contribution in [0.15, 0.2) is 63.1 Å². The summed E-state index contributed by atoms with van der Waals surface area (Å²) in [7, 11) is 0. The normalized spacial score (nSPS) is 11.0. The molecule has 6 nitrogen and oxygen atoms in total. The summed E-state index contributed by atoms with van der Waals surface area (Å²) >= 11 is 0. The molecule has 3 rings (SSSR count). The van der Waals surface area contributed by atoms with Gasteiger partial charge in [0.05, 0.1) is 18.2 Å². The van der Waals surface area contributed by atoms with Gasteiger partial charge in [-0.3, -0.25) is 9.79 Å². The fraction of sp³-hybridized carbons (Fsp3) is 0.0588. The van der Waals surface area contributed by atoms with E-state index in [9.17, 15) is 4.79 Å². The van der Waals surface area contributed by atoms with E-state index in [1.807, 2.05) is 36.4 Å². The molecule has 0 saturated carbocycles. The Hall–Kier alpha value is -3.28. The van der Waals surface area contributed by atoms with E-state index in [-0.39, 0.29) is 11.2 Å². The second kappa shape index (κ2) is 6.65. The Morgan fingerprint density at radius 1 is 1.26 bits per heavy atom. The molecule has 0 aliphatic rings. The standard InChI is InChI=1S/C17H14N4O2/c1-18-15-14(20-11-21-16(15)22)9-5-8-13-10-19-17(23-13)12-6-3-2-4-7-12/h2-7,9-11H,1,8H2,(H,20,21,22)/b9-5-. The lowest BCUT2D eigenvalue weighted by atomic mass is 10.2. The molecular weight excluding hydrogens is 292 g/mol. The van der Waals surface area contributed by atoms with Crippen molar-refractivity contribution in [2.45, 2.75) is 6.42 Å². The average molecular weight is 306 g/mol. The van der Waals surface area contributed by atoms with Gasteiger partial charge in [0.1, 0.15) is 5.76 Å². The van der Waals surface area contributed by atoms with Crippen molar-refractivity contribution in [3.8, 4) is 11.5 Å². The van der Waals surface area contributed by atoms with Crippen LogP contribution in [0.4, 0.5) is 5.69 Å². The summed E-state index contributed by atoms with van der Waals surface area (Å²) in [4.78, 5) is 26.1. The molecule has 0 aliphatic carbocycles. The summed E-state index contributed by atoms with van der Waals surface area (Å²) in [6, 6.07) is 9.68. The Balaban J connectivity index is 1.74. The molecular formula is C17H14N4O2. The highest BCUT2D eigenvalue weighted by Crippen LogP contribution is 2.19. The minimum Gasteiger partial charge on any atom is -0.441 e. The highest BCUT2D eigenvalue weighted by molar-refractivity contribution is 5.61. The molecule has 1 N–H and O–H groups in total. The fourth-order valence-electron chi connectivity index (χ4n) is 2.08. The van der Waals surface area contributed by atoms with Crippen LogP contribution in [0.25, 0.3) is 17.5 Å². The van der Waals surface area contributed by atoms with Crippen LogP contribution in [0, 0.1) is 0 Å². The number of aliphatic imine (C=N–C) groups is 1. The van der Waals surface area contributed by atoms with Crippen molar-refractivity contribution in [2.24, 2.45) is 4.99 Å². The van der Waals surface area contributed by atoms with Crippen LogP contribution < -0.4 is 5.56 Å². The molecule has 0 spiro atoms. The Kier molecular flexibility index (Phi) is 4.24. The first-order valence-electron chi connectivity index (χ1n) is 6.99. The first kappa shape index (κ1) is 14.6. The molecule has 0 unspecified atom stereocenters. The van der Waals surface area contributed by atoms with Gasteiger partial charge in [-0.25, -0.2) is 9.97 Å². The zero-order valence-electron chi connectivity index (χ0n) is 12.3. The van der Waals surface area contributed by atoms with Crippen LogP contribution in [-0.4, -0.2) is 21.7 Å². The monoisotopic (exact) mass is 306 g/mol. The average Bonchev–Trinajstić information content (AvgIpc) is 3.05. The maximum atomic E-state index is 11.6. The van der Waals surface area contributed by atoms with Crippen LogP contribution in [0.1, 0.15) is 11.5 Å². The number of nitrogens with one attached hydrogen (secondary N) is 1. The third-order valence-electron chi connectivity index (χ3n) is 3.18. The number of aromatic amines is 1. The van der Waals surface area contributed by atoms with Gasteiger partial charge in [-0.05, 0) is 24.9 Å². The second-order valence-electron chi connectivity index (χ2n) is 4.73. The molecule has 0 fully saturated rings. The lowest BCUT2D eigenvalue weighted by Crippen LogP contribution is -2.06. The molecule has 2 aromatic heterocycles. The Morgan fingerprint density at radius 3 is 2.87 bits per heavy atom. The second-order valence-corrected chi connectivity index (χ2v) is 4.73. The Labute approximate surface area is 132 Å². The van der Waals surface area contributed by atoms with Gasteiger partial charge in [0.25, 0.3) is 5.56 Å². The van der Waals surface area contributed by atoms with Crippen molar-refractivity contribution >= 4 is 18.5 Å². The molecule has 0 amide bonds. The summed E-state index contributed by atoms with van der Waals surface area (Å²) < 4.78 is 5.70. The molecule has 2 heterocycles. The number of hydrogen-bond donors (Lipinski definition) is 1. The first-order chi connectivity index (χ1) is 11.3. The summed E-state index contributed by atoms with van der Waals surface area (Å²) in [5.41, 5.74) is 1.27. The van der Waals surface area contributed by atoms with Crippen molar-refractivity contribution in [2.75, 3.05) is 0 Å². The van der Waals surface area contributed by atoms with Crippen molar-refractivity contribution in [1.29, 1.82) is 0 Å². The van der Waals surface area contributed by atoms with E-state index in [1.165, 1.54) is 6.33 Å². The third-order valence-corrected chi connectivity index (χ3v) is 3.18. The third kappa shape index (κ3) is 3.32. The van der Waals surface area contributed by atoms with Crippen LogP contribution in [0.5, 0.6) is 0 Å². The molecule has 0 radical (unpaired) electrons. The minimum atomic E-state index is -0.319. The van der Waals surface area contributed by atoms with Gasteiger partial charge in [-0.2, -0.15) is 0 Å². The number of benzene rings is 1. The molecule has 3 aromatic rings. The van der Waals surface area contributed by atoms with Crippen molar-refractivity contribution in [1.82, 2.24) is 15.0 Å². The lowest BCUT2D eigenvalue weighted by Gasteiger charge is -1.96. The van der Waals surface area contributed by atoms with Gasteiger partial charge < -0.3 is 9.40 Å². The highest BCUT2D eigenvalue weighted by Gasteiger charge is 2.06. The quantitative estimate of drug-likeness (QED) is 0.734. The van der Waals surface area contributed by atoms with E-state index in [0.717, 1.165) is 11.3 Å². The Morgan fingerprint density at radius 2 is 2.09 bits per heavy atom. The van der Waals surface area contributed by atoms with Gasteiger partial charge >= 0.3 is 0 Å². The van der Waals surface area contributed by atoms with E-state index in [1.54, 1.807) is 12.3 Å². The van der Waals surface area contributed by atoms with Gasteiger partial charge in [-0.15, -0.1) is 0 Å². The number of hydrogen-bond acceptors (Lipinski definition) is 5. The molecule has 0 atom stereocenters. The molecule has 0 saturated heterocycles. The van der Waals surface area contributed by atoms with Crippen LogP contribution >= 0.6 is 0 Å². The van der Waals surface area contributed by atoms with E-state index in [0.29, 0.717) is 18.0 Å². The largest absolute Gasteiger partial charge is 0.441 e. The molecule has 1 aromatic carbocycles. The fourth-order valence-corrected chi connectivity index (χ4v) is 2.08. The predicted octanol–water partition coefficient (Wildman–Crippen LogP) is 3.01. The highest BCUT2D eigenvalue weighted by atomic mass is 16.4. The number of nitrogens with zero attached hydrogens (tertiary/aromatic N) is 3. The van der Waals surface area contributed by atoms with E-state index in [4.69, 9.17) is 4.42 Å². The van der Waals surface area contributed by atoms with Crippen LogP contribution in [0.3, 0.4) is 0 Å². The zero-order valence-corrected chi connectivity index (χ0v) is 12.3. The molecule has 114 valence electrons. The number of allylic oxidation sites excluding steroid dienone is 1. The van der Waals surface area contributed by atoms with Gasteiger partial charge in [-0.1, -0.05) is 24.3 Å². The summed E-state index contributed by atoms with van der Waals surface area (Å²) in [6.45, 7) is 3.38. The summed E-state index contributed by atoms with van der Waals surface area (Å²) in [5.74, 6) is 1.30. The number of oxazole rings is 1. The van der Waals surface area contributed by atoms with Gasteiger partial charge in [0, 0.05) is 12.0 Å². The zero-order chi connectivity index (χ0) is 16.1. The predicted molar refractivity (Wildman–Crippen MR) is 88.7 cm³/mol. The lowest BCUT2D eigenvalue weighted by molar-refractivity contribution is 0.531. The Bertz CT molecular complexity index is 894. The van der Waals surface area contributed by atoms with Crippen molar-refractivity contribution < 1.29 is 4.42 Å². The minimum absolute atomic E-state index is 0.200. The maximum absolute atomic E-state index is 11.6. The van der Waals surface area contributed by atoms with Crippen molar-refractivity contribution in [3.63, 3.8) is 0 Å². The van der Waals surface area contributed by atoms with E-state index in [2.05, 4.69) is 26.7 Å². The van der Waals surface area contributed by atoms with Crippen molar-refractivity contribution in [3.05, 3.63) is 70.7 Å². The number of H-pyrrole nitrogens is 1. The maximum Gasteiger partial charge on any atom is 0.277 e. The molecule has 23 heavy (non-hydrogen) atoms.